The second-order valence-electron chi connectivity index (χ2n) is 6.65. The van der Waals surface area contributed by atoms with E-state index in [2.05, 4.69) is 27.1 Å². The van der Waals surface area contributed by atoms with Crippen LogP contribution in [-0.2, 0) is 22.7 Å². The van der Waals surface area contributed by atoms with E-state index in [4.69, 9.17) is 21.1 Å². The van der Waals surface area contributed by atoms with Crippen LogP contribution in [0.4, 0.5) is 9.52 Å². The Labute approximate surface area is 208 Å². The molecule has 0 saturated carbocycles. The minimum Gasteiger partial charge on any atom is -0.484 e. The van der Waals surface area contributed by atoms with Gasteiger partial charge in [0, 0.05) is 6.54 Å². The van der Waals surface area contributed by atoms with Gasteiger partial charge in [-0.2, -0.15) is 0 Å². The van der Waals surface area contributed by atoms with Crippen LogP contribution in [0.2, 0.25) is 5.02 Å². The highest BCUT2D eigenvalue weighted by molar-refractivity contribution is 7.99. The van der Waals surface area contributed by atoms with E-state index in [0.717, 1.165) is 17.4 Å². The third-order valence-corrected chi connectivity index (χ3v) is 6.51. The highest BCUT2D eigenvalue weighted by atomic mass is 35.5. The average molecular weight is 526 g/mol. The van der Waals surface area contributed by atoms with Crippen molar-refractivity contribution in [1.82, 2.24) is 19.7 Å². The normalized spacial score (nSPS) is 10.7. The van der Waals surface area contributed by atoms with Gasteiger partial charge in [-0.15, -0.1) is 16.8 Å². The summed E-state index contributed by atoms with van der Waals surface area (Å²) in [6.45, 7) is 7.81. The Morgan fingerprint density at radius 3 is 2.88 bits per heavy atom. The number of carbonyl (C=O) groups excluding carboxylic acids is 2. The van der Waals surface area contributed by atoms with Crippen LogP contribution in [0.3, 0.4) is 0 Å². The molecule has 0 aliphatic carbocycles. The standard InChI is InChI=1S/C21H21ClFN5O4S2/c1-4-8-28-16(10-32-15-7-6-13(23)9-14(15)22)26-27-21(28)33-11-17(29)25-20-24-12(3)18(34-20)19(30)31-5-2/h4,6-7,9H,1,5,8,10-11H2,2-3H3,(H,24,25,29). The SMILES string of the molecule is C=CCn1c(COc2ccc(F)cc2Cl)nnc1SCC(=O)Nc1nc(C)c(C(=O)OCC)s1. The molecule has 3 rings (SSSR count). The van der Waals surface area contributed by atoms with Gasteiger partial charge in [-0.3, -0.25) is 9.36 Å². The van der Waals surface area contributed by atoms with E-state index in [9.17, 15) is 14.0 Å². The first-order valence-corrected chi connectivity index (χ1v) is 12.2. The molecule has 0 saturated heterocycles. The van der Waals surface area contributed by atoms with E-state index in [1.54, 1.807) is 24.5 Å². The molecule has 2 heterocycles. The first-order chi connectivity index (χ1) is 16.3. The molecule has 13 heteroatoms. The molecule has 0 spiro atoms. The molecule has 1 N–H and O–H groups in total. The van der Waals surface area contributed by atoms with Crippen LogP contribution in [0.25, 0.3) is 0 Å². The van der Waals surface area contributed by atoms with Gasteiger partial charge in [0.2, 0.25) is 5.91 Å². The number of aromatic nitrogens is 4. The predicted molar refractivity (Wildman–Crippen MR) is 128 cm³/mol. The van der Waals surface area contributed by atoms with Gasteiger partial charge in [-0.1, -0.05) is 40.8 Å². The minimum atomic E-state index is -0.471. The molecule has 0 unspecified atom stereocenters. The quantitative estimate of drug-likeness (QED) is 0.221. The smallest absolute Gasteiger partial charge is 0.350 e. The number of carbonyl (C=O) groups is 2. The predicted octanol–water partition coefficient (Wildman–Crippen LogP) is 4.51. The summed E-state index contributed by atoms with van der Waals surface area (Å²) >= 11 is 8.22. The van der Waals surface area contributed by atoms with Crippen LogP contribution in [0.5, 0.6) is 5.75 Å². The first-order valence-electron chi connectivity index (χ1n) is 10.00. The third-order valence-electron chi connectivity index (χ3n) is 4.19. The van der Waals surface area contributed by atoms with Crippen LogP contribution in [-0.4, -0.2) is 44.0 Å². The number of nitrogens with zero attached hydrogens (tertiary/aromatic N) is 4. The van der Waals surface area contributed by atoms with Crippen LogP contribution in [0.1, 0.15) is 28.1 Å². The highest BCUT2D eigenvalue weighted by Crippen LogP contribution is 2.27. The monoisotopic (exact) mass is 525 g/mol. The van der Waals surface area contributed by atoms with E-state index < -0.39 is 11.8 Å². The summed E-state index contributed by atoms with van der Waals surface area (Å²) in [7, 11) is 0. The maximum absolute atomic E-state index is 13.2. The van der Waals surface area contributed by atoms with E-state index in [-0.39, 0.29) is 29.9 Å². The molecule has 2 aromatic heterocycles. The van der Waals surface area contributed by atoms with Crippen molar-refractivity contribution in [3.8, 4) is 5.75 Å². The molecule has 0 aliphatic heterocycles. The van der Waals surface area contributed by atoms with Crippen LogP contribution in [0, 0.1) is 12.7 Å². The number of aryl methyl sites for hydroxylation is 1. The second kappa shape index (κ2) is 12.0. The summed E-state index contributed by atoms with van der Waals surface area (Å²) in [6, 6.07) is 3.83. The van der Waals surface area contributed by atoms with Gasteiger partial charge >= 0.3 is 5.97 Å². The molecule has 1 amide bonds. The van der Waals surface area contributed by atoms with Crippen molar-refractivity contribution >= 4 is 51.7 Å². The maximum Gasteiger partial charge on any atom is 0.350 e. The Kier molecular flexibility index (Phi) is 9.02. The lowest BCUT2D eigenvalue weighted by Crippen LogP contribution is -2.15. The summed E-state index contributed by atoms with van der Waals surface area (Å²) in [4.78, 5) is 28.9. The largest absolute Gasteiger partial charge is 0.484 e. The second-order valence-corrected chi connectivity index (χ2v) is 9.00. The zero-order chi connectivity index (χ0) is 24.7. The molecular formula is C21H21ClFN5O4S2. The summed E-state index contributed by atoms with van der Waals surface area (Å²) in [5.74, 6) is -0.426. The number of allylic oxidation sites excluding steroid dienone is 1. The third kappa shape index (κ3) is 6.55. The van der Waals surface area contributed by atoms with Crippen molar-refractivity contribution in [2.75, 3.05) is 17.7 Å². The van der Waals surface area contributed by atoms with Crippen molar-refractivity contribution in [1.29, 1.82) is 0 Å². The number of esters is 1. The van der Waals surface area contributed by atoms with E-state index in [1.807, 2.05) is 0 Å². The molecule has 0 aliphatic rings. The molecule has 0 fully saturated rings. The lowest BCUT2D eigenvalue weighted by atomic mass is 10.3. The van der Waals surface area contributed by atoms with Gasteiger partial charge in [-0.05, 0) is 32.0 Å². The Balaban J connectivity index is 1.61. The molecular weight excluding hydrogens is 505 g/mol. The topological polar surface area (TPSA) is 108 Å². The molecule has 3 aromatic rings. The Hall–Kier alpha value is -2.96. The van der Waals surface area contributed by atoms with Gasteiger partial charge < -0.3 is 14.8 Å². The number of hydrogen-bond donors (Lipinski definition) is 1. The first kappa shape index (κ1) is 25.7. The summed E-state index contributed by atoms with van der Waals surface area (Å²) in [6.07, 6.45) is 1.66. The fraction of sp³-hybridized carbons (Fsp3) is 0.286. The van der Waals surface area contributed by atoms with Gasteiger partial charge in [0.15, 0.2) is 16.1 Å². The molecule has 9 nitrogen and oxygen atoms in total. The molecule has 34 heavy (non-hydrogen) atoms. The number of nitrogens with one attached hydrogen (secondary N) is 1. The number of thiazole rings is 1. The Morgan fingerprint density at radius 1 is 1.38 bits per heavy atom. The lowest BCUT2D eigenvalue weighted by Gasteiger charge is -2.10. The zero-order valence-corrected chi connectivity index (χ0v) is 20.7. The highest BCUT2D eigenvalue weighted by Gasteiger charge is 2.19. The van der Waals surface area contributed by atoms with Gasteiger partial charge in [0.05, 0.1) is 23.1 Å². The van der Waals surface area contributed by atoms with Gasteiger partial charge in [0.25, 0.3) is 0 Å². The van der Waals surface area contributed by atoms with Crippen molar-refractivity contribution in [2.24, 2.45) is 0 Å². The van der Waals surface area contributed by atoms with Crippen LogP contribution < -0.4 is 10.1 Å². The van der Waals surface area contributed by atoms with Crippen molar-refractivity contribution in [3.63, 3.8) is 0 Å². The summed E-state index contributed by atoms with van der Waals surface area (Å²) in [5, 5.41) is 11.9. The number of anilines is 1. The molecule has 1 aromatic carbocycles. The lowest BCUT2D eigenvalue weighted by molar-refractivity contribution is -0.113. The molecule has 0 radical (unpaired) electrons. The number of hydrogen-bond acceptors (Lipinski definition) is 9. The van der Waals surface area contributed by atoms with Crippen LogP contribution in [0.15, 0.2) is 36.0 Å². The molecule has 0 atom stereocenters. The van der Waals surface area contributed by atoms with Gasteiger partial charge in [-0.25, -0.2) is 14.2 Å². The zero-order valence-electron chi connectivity index (χ0n) is 18.3. The number of benzene rings is 1. The van der Waals surface area contributed by atoms with Crippen LogP contribution >= 0.6 is 34.7 Å². The van der Waals surface area contributed by atoms with Gasteiger partial charge in [0.1, 0.15) is 23.1 Å². The fourth-order valence-corrected chi connectivity index (χ4v) is 4.57. The summed E-state index contributed by atoms with van der Waals surface area (Å²) in [5.41, 5.74) is 0.489. The molecule has 0 bridgehead atoms. The maximum atomic E-state index is 13.2. The number of thioether (sulfide) groups is 1. The number of halogens is 2. The minimum absolute atomic E-state index is 0.0350. The number of ether oxygens (including phenoxy) is 2. The van der Waals surface area contributed by atoms with E-state index >= 15 is 0 Å². The van der Waals surface area contributed by atoms with Crippen molar-refractivity contribution < 1.29 is 23.5 Å². The average Bonchev–Trinajstić information content (AvgIpc) is 3.35. The number of amides is 1. The number of rotatable bonds is 11. The Morgan fingerprint density at radius 2 is 2.18 bits per heavy atom. The van der Waals surface area contributed by atoms with E-state index in [1.165, 1.54) is 23.9 Å². The van der Waals surface area contributed by atoms with E-state index in [0.29, 0.717) is 39.0 Å². The van der Waals surface area contributed by atoms with Crippen molar-refractivity contribution in [3.05, 3.63) is 58.1 Å². The molecule has 180 valence electrons. The van der Waals surface area contributed by atoms with Crippen molar-refractivity contribution in [2.45, 2.75) is 32.2 Å². The fourth-order valence-electron chi connectivity index (χ4n) is 2.70. The summed E-state index contributed by atoms with van der Waals surface area (Å²) < 4.78 is 25.6. The Bertz CT molecular complexity index is 1200.